The van der Waals surface area contributed by atoms with E-state index in [-0.39, 0.29) is 18.7 Å². The molecule has 1 aromatic heterocycles. The van der Waals surface area contributed by atoms with E-state index in [2.05, 4.69) is 10.1 Å². The molecule has 2 aromatic carbocycles. The summed E-state index contributed by atoms with van der Waals surface area (Å²) in [6.07, 6.45) is 1.65. The molecular weight excluding hydrogens is 374 g/mol. The number of methoxy groups -OCH3 is 1. The number of amides is 1. The number of fused-ring (bicyclic) bond motifs is 1. The van der Waals surface area contributed by atoms with Crippen LogP contribution in [0.25, 0.3) is 11.4 Å². The fraction of sp³-hybridized carbons (Fsp3) is 0.286. The van der Waals surface area contributed by atoms with Gasteiger partial charge in [-0.3, -0.25) is 4.79 Å². The second-order valence-electron chi connectivity index (χ2n) is 6.91. The Balaban J connectivity index is 1.39. The van der Waals surface area contributed by atoms with Gasteiger partial charge in [-0.2, -0.15) is 4.98 Å². The molecule has 1 amide bonds. The summed E-state index contributed by atoms with van der Waals surface area (Å²) in [5.74, 6) is 2.78. The van der Waals surface area contributed by atoms with E-state index in [0.717, 1.165) is 18.4 Å². The van der Waals surface area contributed by atoms with Crippen LogP contribution in [0.2, 0.25) is 0 Å². The number of aromatic nitrogens is 2. The zero-order chi connectivity index (χ0) is 19.8. The van der Waals surface area contributed by atoms with Crippen LogP contribution in [0.4, 0.5) is 0 Å². The van der Waals surface area contributed by atoms with Crippen LogP contribution in [0, 0.1) is 0 Å². The van der Waals surface area contributed by atoms with Crippen molar-refractivity contribution >= 4 is 5.91 Å². The fourth-order valence-corrected chi connectivity index (χ4v) is 3.71. The molecule has 3 heterocycles. The molecule has 148 valence electrons. The highest BCUT2D eigenvalue weighted by Crippen LogP contribution is 2.36. The van der Waals surface area contributed by atoms with Gasteiger partial charge in [-0.25, -0.2) is 0 Å². The number of likely N-dealkylation sites (tertiary alicyclic amines) is 1. The van der Waals surface area contributed by atoms with Gasteiger partial charge in [-0.05, 0) is 43.2 Å². The Morgan fingerprint density at radius 3 is 2.97 bits per heavy atom. The second kappa shape index (κ2) is 7.12. The Kier molecular flexibility index (Phi) is 4.31. The largest absolute Gasteiger partial charge is 0.497 e. The molecule has 2 aliphatic heterocycles. The van der Waals surface area contributed by atoms with E-state index in [0.29, 0.717) is 41.1 Å². The smallest absolute Gasteiger partial charge is 0.254 e. The first-order chi connectivity index (χ1) is 14.2. The van der Waals surface area contributed by atoms with Crippen LogP contribution in [0.1, 0.15) is 35.1 Å². The van der Waals surface area contributed by atoms with Gasteiger partial charge in [0.05, 0.1) is 7.11 Å². The molecule has 1 fully saturated rings. The zero-order valence-corrected chi connectivity index (χ0v) is 15.8. The van der Waals surface area contributed by atoms with Crippen molar-refractivity contribution in [3.63, 3.8) is 0 Å². The van der Waals surface area contributed by atoms with Gasteiger partial charge in [-0.15, -0.1) is 0 Å². The van der Waals surface area contributed by atoms with Crippen LogP contribution in [0.3, 0.4) is 0 Å². The summed E-state index contributed by atoms with van der Waals surface area (Å²) in [7, 11) is 1.61. The van der Waals surface area contributed by atoms with E-state index >= 15 is 0 Å². The molecule has 1 atom stereocenters. The average molecular weight is 393 g/mol. The maximum absolute atomic E-state index is 13.1. The molecule has 1 unspecified atom stereocenters. The van der Waals surface area contributed by atoms with E-state index in [1.54, 1.807) is 30.2 Å². The summed E-state index contributed by atoms with van der Waals surface area (Å²) >= 11 is 0. The zero-order valence-electron chi connectivity index (χ0n) is 15.8. The highest BCUT2D eigenvalue weighted by atomic mass is 16.7. The van der Waals surface area contributed by atoms with Crippen molar-refractivity contribution in [3.05, 3.63) is 53.9 Å². The topological polar surface area (TPSA) is 86.9 Å². The molecule has 3 aromatic rings. The Hall–Kier alpha value is -3.55. The SMILES string of the molecule is COc1cccc(-c2noc(C3CCCN3C(=O)c3ccc4c(c3)OCO4)n2)c1. The van der Waals surface area contributed by atoms with Gasteiger partial charge in [0.25, 0.3) is 5.91 Å². The van der Waals surface area contributed by atoms with Crippen molar-refractivity contribution in [3.8, 4) is 28.6 Å². The first-order valence-corrected chi connectivity index (χ1v) is 9.41. The van der Waals surface area contributed by atoms with Crippen molar-refractivity contribution in [2.75, 3.05) is 20.4 Å². The van der Waals surface area contributed by atoms with E-state index in [4.69, 9.17) is 18.7 Å². The number of nitrogens with zero attached hydrogens (tertiary/aromatic N) is 3. The molecule has 0 aliphatic carbocycles. The lowest BCUT2D eigenvalue weighted by Gasteiger charge is -2.22. The normalized spacial score (nSPS) is 17.6. The summed E-state index contributed by atoms with van der Waals surface area (Å²) in [4.78, 5) is 19.4. The third kappa shape index (κ3) is 3.16. The van der Waals surface area contributed by atoms with Crippen molar-refractivity contribution in [1.82, 2.24) is 15.0 Å². The Morgan fingerprint density at radius 1 is 1.17 bits per heavy atom. The first kappa shape index (κ1) is 17.5. The molecule has 0 bridgehead atoms. The molecule has 8 heteroatoms. The molecule has 0 radical (unpaired) electrons. The van der Waals surface area contributed by atoms with Crippen LogP contribution >= 0.6 is 0 Å². The molecule has 0 saturated carbocycles. The van der Waals surface area contributed by atoms with E-state index in [1.165, 1.54) is 0 Å². The van der Waals surface area contributed by atoms with Gasteiger partial charge < -0.3 is 23.6 Å². The lowest BCUT2D eigenvalue weighted by Crippen LogP contribution is -2.30. The minimum atomic E-state index is -0.250. The summed E-state index contributed by atoms with van der Waals surface area (Å²) < 4.78 is 21.5. The van der Waals surface area contributed by atoms with Gasteiger partial charge in [-0.1, -0.05) is 17.3 Å². The van der Waals surface area contributed by atoms with E-state index in [1.807, 2.05) is 24.3 Å². The third-order valence-electron chi connectivity index (χ3n) is 5.19. The van der Waals surface area contributed by atoms with Crippen LogP contribution in [0.5, 0.6) is 17.2 Å². The van der Waals surface area contributed by atoms with Gasteiger partial charge in [0.15, 0.2) is 11.5 Å². The number of benzene rings is 2. The summed E-state index contributed by atoms with van der Waals surface area (Å²) in [5, 5.41) is 4.10. The Bertz CT molecular complexity index is 1060. The van der Waals surface area contributed by atoms with Crippen LogP contribution < -0.4 is 14.2 Å². The Labute approximate surface area is 167 Å². The highest BCUT2D eigenvalue weighted by molar-refractivity contribution is 5.95. The molecule has 1 saturated heterocycles. The van der Waals surface area contributed by atoms with Crippen molar-refractivity contribution in [1.29, 1.82) is 0 Å². The highest BCUT2D eigenvalue weighted by Gasteiger charge is 2.35. The van der Waals surface area contributed by atoms with Gasteiger partial charge in [0, 0.05) is 17.7 Å². The maximum Gasteiger partial charge on any atom is 0.254 e. The van der Waals surface area contributed by atoms with Gasteiger partial charge >= 0.3 is 0 Å². The van der Waals surface area contributed by atoms with Crippen LogP contribution in [-0.2, 0) is 0 Å². The van der Waals surface area contributed by atoms with Crippen molar-refractivity contribution < 1.29 is 23.5 Å². The lowest BCUT2D eigenvalue weighted by atomic mass is 10.1. The molecule has 8 nitrogen and oxygen atoms in total. The van der Waals surface area contributed by atoms with Crippen molar-refractivity contribution in [2.24, 2.45) is 0 Å². The minimum absolute atomic E-state index is 0.0908. The number of carbonyl (C=O) groups is 1. The van der Waals surface area contributed by atoms with Crippen LogP contribution in [-0.4, -0.2) is 41.4 Å². The number of ether oxygens (including phenoxy) is 3. The summed E-state index contributed by atoms with van der Waals surface area (Å²) in [6, 6.07) is 12.4. The summed E-state index contributed by atoms with van der Waals surface area (Å²) in [5.41, 5.74) is 1.35. The van der Waals surface area contributed by atoms with Gasteiger partial charge in [0.1, 0.15) is 11.8 Å². The molecule has 0 spiro atoms. The lowest BCUT2D eigenvalue weighted by molar-refractivity contribution is 0.0709. The van der Waals surface area contributed by atoms with Crippen molar-refractivity contribution in [2.45, 2.75) is 18.9 Å². The van der Waals surface area contributed by atoms with Gasteiger partial charge in [0.2, 0.25) is 18.5 Å². The molecule has 2 aliphatic rings. The standard InChI is InChI=1S/C21H19N3O5/c1-26-15-5-2-4-13(10-15)19-22-20(29-23-19)16-6-3-9-24(16)21(25)14-7-8-17-18(11-14)28-12-27-17/h2,4-5,7-8,10-11,16H,3,6,9,12H2,1H3. The predicted molar refractivity (Wildman–Crippen MR) is 102 cm³/mol. The molecule has 5 rings (SSSR count). The average Bonchev–Trinajstić information content (AvgIpc) is 3.52. The predicted octanol–water partition coefficient (Wildman–Crippen LogP) is 3.45. The first-order valence-electron chi connectivity index (χ1n) is 9.41. The number of hydrogen-bond donors (Lipinski definition) is 0. The number of hydrogen-bond acceptors (Lipinski definition) is 7. The minimum Gasteiger partial charge on any atom is -0.497 e. The van der Waals surface area contributed by atoms with Crippen LogP contribution in [0.15, 0.2) is 47.0 Å². The molecule has 29 heavy (non-hydrogen) atoms. The number of carbonyl (C=O) groups excluding carboxylic acids is 1. The monoisotopic (exact) mass is 393 g/mol. The Morgan fingerprint density at radius 2 is 2.07 bits per heavy atom. The number of rotatable bonds is 4. The van der Waals surface area contributed by atoms with E-state index < -0.39 is 0 Å². The fourth-order valence-electron chi connectivity index (χ4n) is 3.71. The maximum atomic E-state index is 13.1. The quantitative estimate of drug-likeness (QED) is 0.671. The molecular formula is C21H19N3O5. The second-order valence-corrected chi connectivity index (χ2v) is 6.91. The van der Waals surface area contributed by atoms with E-state index in [9.17, 15) is 4.79 Å². The molecule has 0 N–H and O–H groups in total. The summed E-state index contributed by atoms with van der Waals surface area (Å²) in [6.45, 7) is 0.809. The third-order valence-corrected chi connectivity index (χ3v) is 5.19.